The molecule has 0 amide bonds. The first-order valence-corrected chi connectivity index (χ1v) is 10.4. The Kier molecular flexibility index (Phi) is 15.9. The van der Waals surface area contributed by atoms with E-state index in [-0.39, 0.29) is 28.0 Å². The second kappa shape index (κ2) is 17.7. The van der Waals surface area contributed by atoms with Gasteiger partial charge in [-0.15, -0.1) is 0 Å². The number of nitrogens with zero attached hydrogens (tertiary/aromatic N) is 4. The van der Waals surface area contributed by atoms with Gasteiger partial charge in [-0.3, -0.25) is 0 Å². The van der Waals surface area contributed by atoms with Crippen molar-refractivity contribution in [1.29, 1.82) is 0 Å². The zero-order valence-electron chi connectivity index (χ0n) is 18.7. The molecule has 2 aromatic heterocycles. The van der Waals surface area contributed by atoms with Crippen LogP contribution in [0.2, 0.25) is 10.0 Å². The van der Waals surface area contributed by atoms with Gasteiger partial charge in [-0.2, -0.15) is 20.4 Å². The third-order valence-electron chi connectivity index (χ3n) is 3.94. The van der Waals surface area contributed by atoms with Crippen molar-refractivity contribution in [3.05, 3.63) is 118 Å². The van der Waals surface area contributed by atoms with Gasteiger partial charge in [0.1, 0.15) is 11.5 Å². The predicted molar refractivity (Wildman–Crippen MR) is 136 cm³/mol. The summed E-state index contributed by atoms with van der Waals surface area (Å²) >= 11 is 11.4. The van der Waals surface area contributed by atoms with E-state index < -0.39 is 11.8 Å². The SMILES string of the molecule is O.O.[Cu+2].[O-]/C(=N\N=C/c1ccco1)c1ccc(Cl)cc1.[O-]/C(=N\N=C/c1ccco1)c1ccc(Cl)cc1. The first-order chi connectivity index (χ1) is 16.5. The predicted octanol–water partition coefficient (Wildman–Crippen LogP) is 2.50. The average Bonchev–Trinajstić information content (AvgIpc) is 3.55. The van der Waals surface area contributed by atoms with Crippen molar-refractivity contribution in [1.82, 2.24) is 0 Å². The first-order valence-electron chi connectivity index (χ1n) is 9.66. The molecule has 0 unspecified atom stereocenters. The van der Waals surface area contributed by atoms with E-state index in [2.05, 4.69) is 20.4 Å². The molecular formula is C24H20Cl2CuN4O6. The molecule has 4 aromatic rings. The van der Waals surface area contributed by atoms with E-state index >= 15 is 0 Å². The molecule has 0 spiro atoms. The van der Waals surface area contributed by atoms with Crippen LogP contribution >= 0.6 is 23.2 Å². The fourth-order valence-electron chi connectivity index (χ4n) is 2.31. The number of furan rings is 2. The molecule has 2 aromatic carbocycles. The molecule has 4 rings (SSSR count). The minimum Gasteiger partial charge on any atom is -0.857 e. The van der Waals surface area contributed by atoms with Crippen molar-refractivity contribution in [2.45, 2.75) is 0 Å². The molecule has 0 bridgehead atoms. The van der Waals surface area contributed by atoms with Gasteiger partial charge in [0, 0.05) is 21.8 Å². The quantitative estimate of drug-likeness (QED) is 0.144. The molecule has 2 heterocycles. The van der Waals surface area contributed by atoms with Crippen molar-refractivity contribution in [3.63, 3.8) is 0 Å². The second-order valence-corrected chi connectivity index (χ2v) is 7.22. The van der Waals surface area contributed by atoms with Crippen LogP contribution in [-0.4, -0.2) is 35.2 Å². The van der Waals surface area contributed by atoms with Gasteiger partial charge in [-0.1, -0.05) is 47.5 Å². The van der Waals surface area contributed by atoms with Gasteiger partial charge < -0.3 is 30.0 Å². The smallest absolute Gasteiger partial charge is 0.857 e. The minimum absolute atomic E-state index is 0. The van der Waals surface area contributed by atoms with E-state index in [0.717, 1.165) is 0 Å². The molecule has 1 radical (unpaired) electrons. The van der Waals surface area contributed by atoms with Crippen LogP contribution in [0, 0.1) is 0 Å². The molecule has 0 aliphatic carbocycles. The van der Waals surface area contributed by atoms with Gasteiger partial charge in [0.25, 0.3) is 0 Å². The van der Waals surface area contributed by atoms with Crippen molar-refractivity contribution in [3.8, 4) is 0 Å². The standard InChI is InChI=1S/2C12H9ClN2O2.Cu.2H2O/c2*13-10-5-3-9(4-6-10)12(16)15-14-8-11-2-1-7-17-11;;;/h2*1-8H,(H,15,16);;2*1H2/q;;+2;;/p-2/b2*14-8-;;;. The summed E-state index contributed by atoms with van der Waals surface area (Å²) in [4.78, 5) is 0. The number of hydrogen-bond acceptors (Lipinski definition) is 8. The fraction of sp³-hybridized carbons (Fsp3) is 0. The Morgan fingerprint density at radius 3 is 1.27 bits per heavy atom. The summed E-state index contributed by atoms with van der Waals surface area (Å²) in [7, 11) is 0. The van der Waals surface area contributed by atoms with Crippen molar-refractivity contribution >= 4 is 47.4 Å². The summed E-state index contributed by atoms with van der Waals surface area (Å²) in [5.41, 5.74) is 0.872. The van der Waals surface area contributed by atoms with Gasteiger partial charge in [0.15, 0.2) is 0 Å². The third kappa shape index (κ3) is 11.7. The zero-order chi connectivity index (χ0) is 24.2. The molecule has 0 atom stereocenters. The molecule has 0 saturated heterocycles. The maximum absolute atomic E-state index is 11.5. The average molecular weight is 595 g/mol. The van der Waals surface area contributed by atoms with Gasteiger partial charge in [0.2, 0.25) is 0 Å². The van der Waals surface area contributed by atoms with Crippen LogP contribution in [0.4, 0.5) is 0 Å². The summed E-state index contributed by atoms with van der Waals surface area (Å²) in [5.74, 6) is 0.226. The molecule has 197 valence electrons. The molecular weight excluding hydrogens is 575 g/mol. The van der Waals surface area contributed by atoms with E-state index in [4.69, 9.17) is 32.0 Å². The van der Waals surface area contributed by atoms with Crippen LogP contribution in [0.15, 0.2) is 115 Å². The number of hydrogen-bond donors (Lipinski definition) is 0. The first kappa shape index (κ1) is 33.3. The maximum atomic E-state index is 11.5. The summed E-state index contributed by atoms with van der Waals surface area (Å²) < 4.78 is 10.00. The largest absolute Gasteiger partial charge is 2.00 e. The number of benzene rings is 2. The van der Waals surface area contributed by atoms with Gasteiger partial charge in [-0.05, 0) is 59.7 Å². The van der Waals surface area contributed by atoms with E-state index in [0.29, 0.717) is 32.7 Å². The molecule has 0 aliphatic heterocycles. The molecule has 0 saturated carbocycles. The van der Waals surface area contributed by atoms with Crippen LogP contribution < -0.4 is 10.2 Å². The Balaban J connectivity index is 0.000000648. The molecule has 10 nitrogen and oxygen atoms in total. The van der Waals surface area contributed by atoms with Crippen LogP contribution in [-0.2, 0) is 17.1 Å². The van der Waals surface area contributed by atoms with Crippen LogP contribution in [0.25, 0.3) is 0 Å². The second-order valence-electron chi connectivity index (χ2n) is 6.34. The van der Waals surface area contributed by atoms with Crippen molar-refractivity contribution in [2.24, 2.45) is 20.4 Å². The Hall–Kier alpha value is -3.70. The van der Waals surface area contributed by atoms with Crippen molar-refractivity contribution < 1.29 is 47.1 Å². The van der Waals surface area contributed by atoms with Gasteiger partial charge in [0.05, 0.1) is 25.0 Å². The normalized spacial score (nSPS) is 11.2. The van der Waals surface area contributed by atoms with E-state index in [1.165, 1.54) is 25.0 Å². The number of halogens is 2. The summed E-state index contributed by atoms with van der Waals surface area (Å²) in [6.07, 6.45) is 5.77. The number of rotatable bonds is 6. The third-order valence-corrected chi connectivity index (χ3v) is 4.44. The van der Waals surface area contributed by atoms with Crippen LogP contribution in [0.3, 0.4) is 0 Å². The molecule has 0 aliphatic rings. The Labute approximate surface area is 232 Å². The van der Waals surface area contributed by atoms with Gasteiger partial charge in [-0.25, -0.2) is 0 Å². The molecule has 4 N–H and O–H groups in total. The molecule has 0 fully saturated rings. The summed E-state index contributed by atoms with van der Waals surface area (Å²) in [6.45, 7) is 0. The topological polar surface area (TPSA) is 185 Å². The molecule has 13 heteroatoms. The Morgan fingerprint density at radius 2 is 0.973 bits per heavy atom. The summed E-state index contributed by atoms with van der Waals surface area (Å²) in [6, 6.07) is 19.8. The fourth-order valence-corrected chi connectivity index (χ4v) is 2.56. The van der Waals surface area contributed by atoms with Crippen LogP contribution in [0.1, 0.15) is 22.6 Å². The van der Waals surface area contributed by atoms with E-state index in [9.17, 15) is 10.2 Å². The van der Waals surface area contributed by atoms with Crippen molar-refractivity contribution in [2.75, 3.05) is 0 Å². The van der Waals surface area contributed by atoms with Crippen LogP contribution in [0.5, 0.6) is 0 Å². The Bertz CT molecular complexity index is 1170. The zero-order valence-corrected chi connectivity index (χ0v) is 21.2. The maximum Gasteiger partial charge on any atom is 2.00 e. The molecule has 37 heavy (non-hydrogen) atoms. The monoisotopic (exact) mass is 593 g/mol. The Morgan fingerprint density at radius 1 is 0.622 bits per heavy atom. The minimum atomic E-state index is -0.426. The van der Waals surface area contributed by atoms with E-state index in [1.807, 2.05) is 0 Å². The summed E-state index contributed by atoms with van der Waals surface area (Å²) in [5, 5.41) is 38.5. The van der Waals surface area contributed by atoms with E-state index in [1.54, 1.807) is 72.8 Å². The van der Waals surface area contributed by atoms with Gasteiger partial charge >= 0.3 is 17.1 Å².